The quantitative estimate of drug-likeness (QED) is 0.511. The number of benzene rings is 1. The smallest absolute Gasteiger partial charge is 0.272 e. The fourth-order valence-electron chi connectivity index (χ4n) is 3.55. The first-order valence-electron chi connectivity index (χ1n) is 8.87. The number of nitriles is 1. The SMILES string of the molecule is N#Cc1ccc(Cc2c[nH]c(=O)c3cc(-c4c[nH]c5ncccc45)cn23)cc1. The monoisotopic (exact) mass is 365 g/mol. The molecule has 0 aliphatic rings. The van der Waals surface area contributed by atoms with Crippen molar-refractivity contribution in [2.45, 2.75) is 6.42 Å². The molecule has 0 fully saturated rings. The molecule has 4 aromatic heterocycles. The fourth-order valence-corrected chi connectivity index (χ4v) is 3.55. The Morgan fingerprint density at radius 2 is 1.96 bits per heavy atom. The van der Waals surface area contributed by atoms with Crippen molar-refractivity contribution >= 4 is 16.6 Å². The van der Waals surface area contributed by atoms with Crippen LogP contribution in [0.15, 0.2) is 72.0 Å². The van der Waals surface area contributed by atoms with Crippen LogP contribution in [0.1, 0.15) is 16.8 Å². The molecule has 134 valence electrons. The lowest BCUT2D eigenvalue weighted by Crippen LogP contribution is -2.11. The van der Waals surface area contributed by atoms with Crippen molar-refractivity contribution in [1.29, 1.82) is 5.26 Å². The highest BCUT2D eigenvalue weighted by atomic mass is 16.1. The van der Waals surface area contributed by atoms with Crippen LogP contribution in [-0.2, 0) is 6.42 Å². The van der Waals surface area contributed by atoms with Gasteiger partial charge in [-0.1, -0.05) is 12.1 Å². The number of fused-ring (bicyclic) bond motifs is 2. The lowest BCUT2D eigenvalue weighted by atomic mass is 10.1. The molecule has 0 spiro atoms. The molecule has 0 aliphatic carbocycles. The normalized spacial score (nSPS) is 11.1. The van der Waals surface area contributed by atoms with Crippen molar-refractivity contribution in [3.05, 3.63) is 94.4 Å². The van der Waals surface area contributed by atoms with Crippen LogP contribution in [0.4, 0.5) is 0 Å². The summed E-state index contributed by atoms with van der Waals surface area (Å²) < 4.78 is 1.93. The number of aromatic amines is 2. The Balaban J connectivity index is 1.63. The van der Waals surface area contributed by atoms with Gasteiger partial charge < -0.3 is 14.4 Å². The van der Waals surface area contributed by atoms with Gasteiger partial charge in [-0.25, -0.2) is 4.98 Å². The standard InChI is InChI=1S/C22H15N5O/c23-10-15-5-3-14(4-6-15)8-17-11-26-22(28)20-9-16(13-27(17)20)19-12-25-21-18(19)2-1-7-24-21/h1-7,9,11-13H,8H2,(H,24,25)(H,26,28). The lowest BCUT2D eigenvalue weighted by molar-refractivity contribution is 0.969. The number of pyridine rings is 1. The minimum absolute atomic E-state index is 0.132. The number of aromatic nitrogens is 4. The van der Waals surface area contributed by atoms with Crippen molar-refractivity contribution in [3.63, 3.8) is 0 Å². The van der Waals surface area contributed by atoms with E-state index in [9.17, 15) is 4.79 Å². The summed E-state index contributed by atoms with van der Waals surface area (Å²) >= 11 is 0. The molecule has 28 heavy (non-hydrogen) atoms. The van der Waals surface area contributed by atoms with E-state index in [1.54, 1.807) is 24.5 Å². The van der Waals surface area contributed by atoms with Gasteiger partial charge in [-0.15, -0.1) is 0 Å². The van der Waals surface area contributed by atoms with Crippen LogP contribution in [0.3, 0.4) is 0 Å². The summed E-state index contributed by atoms with van der Waals surface area (Å²) in [5.41, 5.74) is 5.91. The van der Waals surface area contributed by atoms with Crippen LogP contribution in [-0.4, -0.2) is 19.4 Å². The van der Waals surface area contributed by atoms with Crippen LogP contribution in [0.5, 0.6) is 0 Å². The van der Waals surface area contributed by atoms with E-state index in [1.807, 2.05) is 47.1 Å². The highest BCUT2D eigenvalue weighted by Gasteiger charge is 2.12. The Morgan fingerprint density at radius 1 is 1.11 bits per heavy atom. The summed E-state index contributed by atoms with van der Waals surface area (Å²) in [6.45, 7) is 0. The van der Waals surface area contributed by atoms with Crippen LogP contribution < -0.4 is 5.56 Å². The zero-order valence-electron chi connectivity index (χ0n) is 14.8. The Kier molecular flexibility index (Phi) is 3.59. The van der Waals surface area contributed by atoms with E-state index in [4.69, 9.17) is 5.26 Å². The molecular formula is C22H15N5O. The molecule has 6 nitrogen and oxygen atoms in total. The van der Waals surface area contributed by atoms with E-state index < -0.39 is 0 Å². The highest BCUT2D eigenvalue weighted by Crippen LogP contribution is 2.29. The average Bonchev–Trinajstić information content (AvgIpc) is 3.35. The summed E-state index contributed by atoms with van der Waals surface area (Å²) in [6, 6.07) is 15.4. The number of nitrogens with zero attached hydrogens (tertiary/aromatic N) is 3. The minimum atomic E-state index is -0.132. The van der Waals surface area contributed by atoms with Gasteiger partial charge in [-0.05, 0) is 35.9 Å². The summed E-state index contributed by atoms with van der Waals surface area (Å²) in [7, 11) is 0. The molecule has 1 aromatic carbocycles. The fraction of sp³-hybridized carbons (Fsp3) is 0.0455. The van der Waals surface area contributed by atoms with E-state index in [2.05, 4.69) is 21.0 Å². The highest BCUT2D eigenvalue weighted by molar-refractivity contribution is 5.94. The predicted molar refractivity (Wildman–Crippen MR) is 107 cm³/mol. The number of H-pyrrole nitrogens is 2. The number of nitrogens with one attached hydrogen (secondary N) is 2. The second kappa shape index (κ2) is 6.25. The average molecular weight is 365 g/mol. The van der Waals surface area contributed by atoms with Gasteiger partial charge in [-0.3, -0.25) is 4.79 Å². The molecule has 6 heteroatoms. The third-order valence-corrected chi connectivity index (χ3v) is 4.96. The molecule has 0 bridgehead atoms. The molecule has 5 aromatic rings. The van der Waals surface area contributed by atoms with E-state index in [1.165, 1.54) is 0 Å². The maximum Gasteiger partial charge on any atom is 0.272 e. The summed E-state index contributed by atoms with van der Waals surface area (Å²) in [6.07, 6.45) is 8.04. The van der Waals surface area contributed by atoms with Gasteiger partial charge in [0.25, 0.3) is 5.56 Å². The van der Waals surface area contributed by atoms with Crippen molar-refractivity contribution < 1.29 is 0 Å². The molecule has 5 rings (SSSR count). The molecule has 0 amide bonds. The van der Waals surface area contributed by atoms with E-state index in [0.717, 1.165) is 33.4 Å². The van der Waals surface area contributed by atoms with Gasteiger partial charge in [0, 0.05) is 53.4 Å². The van der Waals surface area contributed by atoms with Crippen molar-refractivity contribution in [2.24, 2.45) is 0 Å². The first-order valence-corrected chi connectivity index (χ1v) is 8.87. The molecule has 0 radical (unpaired) electrons. The second-order valence-electron chi connectivity index (χ2n) is 6.68. The van der Waals surface area contributed by atoms with Gasteiger partial charge in [0.15, 0.2) is 0 Å². The number of rotatable bonds is 3. The van der Waals surface area contributed by atoms with E-state index >= 15 is 0 Å². The molecular weight excluding hydrogens is 350 g/mol. The Labute approximate surface area is 159 Å². The maximum atomic E-state index is 12.4. The first kappa shape index (κ1) is 16.1. The molecule has 0 saturated heterocycles. The van der Waals surface area contributed by atoms with Crippen LogP contribution in [0, 0.1) is 11.3 Å². The second-order valence-corrected chi connectivity index (χ2v) is 6.68. The van der Waals surface area contributed by atoms with Gasteiger partial charge in [0.05, 0.1) is 11.6 Å². The summed E-state index contributed by atoms with van der Waals surface area (Å²) in [5.74, 6) is 0. The van der Waals surface area contributed by atoms with Crippen molar-refractivity contribution in [3.8, 4) is 17.2 Å². The number of hydrogen-bond acceptors (Lipinski definition) is 3. The Morgan fingerprint density at radius 3 is 2.79 bits per heavy atom. The molecule has 2 N–H and O–H groups in total. The van der Waals surface area contributed by atoms with Crippen LogP contribution >= 0.6 is 0 Å². The minimum Gasteiger partial charge on any atom is -0.346 e. The van der Waals surface area contributed by atoms with Gasteiger partial charge >= 0.3 is 0 Å². The van der Waals surface area contributed by atoms with Crippen LogP contribution in [0.2, 0.25) is 0 Å². The molecule has 4 heterocycles. The van der Waals surface area contributed by atoms with Crippen molar-refractivity contribution in [2.75, 3.05) is 0 Å². The molecule has 0 saturated carbocycles. The molecule has 0 unspecified atom stereocenters. The van der Waals surface area contributed by atoms with Gasteiger partial charge in [-0.2, -0.15) is 5.26 Å². The molecule has 0 aliphatic heterocycles. The maximum absolute atomic E-state index is 12.4. The first-order chi connectivity index (χ1) is 13.7. The third kappa shape index (κ3) is 2.58. The van der Waals surface area contributed by atoms with Gasteiger partial charge in [0.2, 0.25) is 0 Å². The van der Waals surface area contributed by atoms with Crippen molar-refractivity contribution in [1.82, 2.24) is 19.4 Å². The topological polar surface area (TPSA) is 89.7 Å². The zero-order valence-corrected chi connectivity index (χ0v) is 14.8. The Bertz CT molecular complexity index is 1410. The largest absolute Gasteiger partial charge is 0.346 e. The third-order valence-electron chi connectivity index (χ3n) is 4.96. The number of hydrogen-bond donors (Lipinski definition) is 2. The Hall–Kier alpha value is -4.11. The summed E-state index contributed by atoms with van der Waals surface area (Å²) in [5, 5.41) is 9.97. The van der Waals surface area contributed by atoms with Gasteiger partial charge in [0.1, 0.15) is 11.2 Å². The summed E-state index contributed by atoms with van der Waals surface area (Å²) in [4.78, 5) is 22.7. The molecule has 0 atom stereocenters. The van der Waals surface area contributed by atoms with Crippen LogP contribution in [0.25, 0.3) is 27.7 Å². The van der Waals surface area contributed by atoms with E-state index in [-0.39, 0.29) is 5.56 Å². The zero-order chi connectivity index (χ0) is 19.1. The van der Waals surface area contributed by atoms with E-state index in [0.29, 0.717) is 17.5 Å². The predicted octanol–water partition coefficient (Wildman–Crippen LogP) is 3.63. The lowest BCUT2D eigenvalue weighted by Gasteiger charge is -2.06.